The van der Waals surface area contributed by atoms with Gasteiger partial charge in [-0.2, -0.15) is 0 Å². The van der Waals surface area contributed by atoms with Gasteiger partial charge in [0.25, 0.3) is 0 Å². The lowest BCUT2D eigenvalue weighted by molar-refractivity contribution is -0.0427. The van der Waals surface area contributed by atoms with E-state index in [4.69, 9.17) is 32.4 Å². The average Bonchev–Trinajstić information content (AvgIpc) is 2.83. The number of hydrogen-bond donors (Lipinski definition) is 4. The molecule has 2 aromatic rings. The van der Waals surface area contributed by atoms with Crippen molar-refractivity contribution < 1.29 is 17.9 Å². The topological polar surface area (TPSA) is 157 Å². The Morgan fingerprint density at radius 2 is 1.03 bits per heavy atom. The second-order valence-electron chi connectivity index (χ2n) is 8.71. The van der Waals surface area contributed by atoms with Crippen molar-refractivity contribution in [2.75, 3.05) is 11.5 Å². The summed E-state index contributed by atoms with van der Waals surface area (Å²) in [6, 6.07) is 12.8. The second kappa shape index (κ2) is 9.80. The molecule has 0 amide bonds. The Bertz CT molecular complexity index is 1180. The summed E-state index contributed by atoms with van der Waals surface area (Å²) in [6.07, 6.45) is 14.6. The second-order valence-corrected chi connectivity index (χ2v) is 10.7. The van der Waals surface area contributed by atoms with Crippen molar-refractivity contribution in [1.29, 1.82) is 0 Å². The summed E-state index contributed by atoms with van der Waals surface area (Å²) in [5.41, 5.74) is 20.7. The zero-order valence-electron chi connectivity index (χ0n) is 19.2. The summed E-state index contributed by atoms with van der Waals surface area (Å²) in [7, 11) is -4.27. The Labute approximate surface area is 205 Å². The molecular weight excluding hydrogens is 464 g/mol. The fraction of sp³-hybridized carbons (Fsp3) is 0.231. The summed E-state index contributed by atoms with van der Waals surface area (Å²) >= 11 is 0. The van der Waals surface area contributed by atoms with E-state index in [2.05, 4.69) is 0 Å². The van der Waals surface area contributed by atoms with Crippen LogP contribution in [0.4, 0.5) is 11.4 Å². The van der Waals surface area contributed by atoms with Gasteiger partial charge in [0.1, 0.15) is 11.4 Å². The molecule has 2 aromatic carbocycles. The molecule has 8 N–H and O–H groups in total. The van der Waals surface area contributed by atoms with E-state index in [0.717, 1.165) is 0 Å². The lowest BCUT2D eigenvalue weighted by Gasteiger charge is -2.36. The first kappa shape index (κ1) is 24.9. The van der Waals surface area contributed by atoms with Gasteiger partial charge in [0.15, 0.2) is 10.9 Å². The van der Waals surface area contributed by atoms with E-state index >= 15 is 0 Å². The molecule has 0 aliphatic heterocycles. The monoisotopic (exact) mass is 494 g/mol. The number of nitrogen functional groups attached to an aromatic ring is 2. The van der Waals surface area contributed by atoms with Crippen LogP contribution in [0.1, 0.15) is 34.8 Å². The molecule has 184 valence electrons. The summed E-state index contributed by atoms with van der Waals surface area (Å²) in [4.78, 5) is 0. The molecule has 0 aromatic heterocycles. The Balaban J connectivity index is 1.80. The van der Waals surface area contributed by atoms with Gasteiger partial charge in [-0.05, 0) is 47.5 Å². The molecule has 0 heterocycles. The molecule has 0 saturated carbocycles. The first-order valence-corrected chi connectivity index (χ1v) is 12.8. The van der Waals surface area contributed by atoms with Gasteiger partial charge in [0, 0.05) is 24.2 Å². The van der Waals surface area contributed by atoms with Crippen LogP contribution >= 0.6 is 0 Å². The summed E-state index contributed by atoms with van der Waals surface area (Å²) < 4.78 is 41.0. The third-order valence-electron chi connectivity index (χ3n) is 5.79. The number of allylic oxidation sites excluding steroid dienone is 4. The molecule has 4 atom stereocenters. The lowest BCUT2D eigenvalue weighted by Crippen LogP contribution is -2.46. The maximum Gasteiger partial charge on any atom is 0.212 e. The molecule has 9 heteroatoms. The lowest BCUT2D eigenvalue weighted by atomic mass is 10.1. The van der Waals surface area contributed by atoms with E-state index in [1.807, 2.05) is 24.3 Å². The quantitative estimate of drug-likeness (QED) is 0.321. The number of rotatable bonds is 8. The van der Waals surface area contributed by atoms with Crippen molar-refractivity contribution in [3.8, 4) is 0 Å². The Kier molecular flexibility index (Phi) is 6.98. The minimum absolute atomic E-state index is 0.298. The van der Waals surface area contributed by atoms with Crippen LogP contribution in [-0.2, 0) is 19.3 Å². The molecule has 8 nitrogen and oxygen atoms in total. The van der Waals surface area contributed by atoms with E-state index in [-0.39, 0.29) is 0 Å². The summed E-state index contributed by atoms with van der Waals surface area (Å²) in [5.74, 6) is 0. The summed E-state index contributed by atoms with van der Waals surface area (Å²) in [6.45, 7) is 0. The summed E-state index contributed by atoms with van der Waals surface area (Å²) in [5, 5.41) is 0. The van der Waals surface area contributed by atoms with Crippen LogP contribution in [0, 0.1) is 0 Å². The molecule has 0 radical (unpaired) electrons. The van der Waals surface area contributed by atoms with Crippen LogP contribution < -0.4 is 22.9 Å². The minimum Gasteiger partial charge on any atom is -0.399 e. The third kappa shape index (κ3) is 5.72. The maximum atomic E-state index is 14.3. The molecule has 0 spiro atoms. The van der Waals surface area contributed by atoms with Gasteiger partial charge in [-0.3, -0.25) is 11.5 Å². The SMILES string of the molecule is Nc1ccc(C(OC2(N)C=CC=CC2)S(=O)(=O)C(OC2(N)C=CC=CC2)c2ccc(N)cc2)cc1. The zero-order chi connectivity index (χ0) is 25.1. The normalized spacial score (nSPS) is 25.4. The number of anilines is 2. The van der Waals surface area contributed by atoms with Crippen molar-refractivity contribution in [3.05, 3.63) is 108 Å². The fourth-order valence-electron chi connectivity index (χ4n) is 3.88. The molecule has 2 aliphatic rings. The molecular formula is C26H30N4O4S. The molecule has 2 aliphatic carbocycles. The highest BCUT2D eigenvalue weighted by molar-refractivity contribution is 7.91. The van der Waals surface area contributed by atoms with Crippen LogP contribution in [0.15, 0.2) is 97.1 Å². The van der Waals surface area contributed by atoms with Crippen LogP contribution in [0.25, 0.3) is 0 Å². The highest BCUT2D eigenvalue weighted by Crippen LogP contribution is 2.41. The van der Waals surface area contributed by atoms with Crippen molar-refractivity contribution >= 4 is 21.2 Å². The largest absolute Gasteiger partial charge is 0.399 e. The standard InChI is InChI=1S/C26H30N4O4S/c27-21-11-7-19(8-12-21)23(33-25(29)15-3-1-4-16-25)35(31,32)24(20-9-13-22(28)14-10-20)34-26(30)17-5-2-6-18-26/h1-15,17,23-24H,16,18,27-30H2. The smallest absolute Gasteiger partial charge is 0.212 e. The van der Waals surface area contributed by atoms with E-state index in [0.29, 0.717) is 35.3 Å². The predicted octanol–water partition coefficient (Wildman–Crippen LogP) is 3.34. The van der Waals surface area contributed by atoms with E-state index < -0.39 is 32.2 Å². The molecule has 35 heavy (non-hydrogen) atoms. The third-order valence-corrected chi connectivity index (χ3v) is 7.72. The number of benzene rings is 2. The highest BCUT2D eigenvalue weighted by atomic mass is 32.2. The zero-order valence-corrected chi connectivity index (χ0v) is 20.0. The van der Waals surface area contributed by atoms with Gasteiger partial charge in [0.05, 0.1) is 0 Å². The average molecular weight is 495 g/mol. The van der Waals surface area contributed by atoms with Gasteiger partial charge in [0.2, 0.25) is 9.84 Å². The number of nitrogens with two attached hydrogens (primary N) is 4. The van der Waals surface area contributed by atoms with Crippen LogP contribution in [0.2, 0.25) is 0 Å². The van der Waals surface area contributed by atoms with Crippen LogP contribution in [-0.4, -0.2) is 19.9 Å². The first-order chi connectivity index (χ1) is 16.6. The molecule has 4 unspecified atom stereocenters. The van der Waals surface area contributed by atoms with Gasteiger partial charge in [-0.1, -0.05) is 60.7 Å². The molecule has 0 saturated heterocycles. The van der Waals surface area contributed by atoms with Crippen LogP contribution in [0.3, 0.4) is 0 Å². The Hall–Kier alpha value is -3.21. The minimum atomic E-state index is -4.27. The van der Waals surface area contributed by atoms with Crippen molar-refractivity contribution in [2.24, 2.45) is 11.5 Å². The van der Waals surface area contributed by atoms with E-state index in [9.17, 15) is 8.42 Å². The van der Waals surface area contributed by atoms with Crippen molar-refractivity contribution in [1.82, 2.24) is 0 Å². The highest BCUT2D eigenvalue weighted by Gasteiger charge is 2.44. The van der Waals surface area contributed by atoms with E-state index in [1.54, 1.807) is 72.8 Å². The Morgan fingerprint density at radius 3 is 1.34 bits per heavy atom. The molecule has 0 fully saturated rings. The number of sulfone groups is 1. The first-order valence-electron chi connectivity index (χ1n) is 11.2. The van der Waals surface area contributed by atoms with Crippen LogP contribution in [0.5, 0.6) is 0 Å². The van der Waals surface area contributed by atoms with Crippen molar-refractivity contribution in [2.45, 2.75) is 35.2 Å². The molecule has 4 rings (SSSR count). The maximum absolute atomic E-state index is 14.3. The van der Waals surface area contributed by atoms with Gasteiger partial charge in [-0.25, -0.2) is 8.42 Å². The van der Waals surface area contributed by atoms with E-state index in [1.165, 1.54) is 0 Å². The number of hydrogen-bond acceptors (Lipinski definition) is 8. The van der Waals surface area contributed by atoms with Gasteiger partial charge >= 0.3 is 0 Å². The predicted molar refractivity (Wildman–Crippen MR) is 138 cm³/mol. The van der Waals surface area contributed by atoms with Gasteiger partial charge in [-0.15, -0.1) is 0 Å². The Morgan fingerprint density at radius 1 is 0.657 bits per heavy atom. The number of ether oxygens (including phenoxy) is 2. The fourth-order valence-corrected chi connectivity index (χ4v) is 5.80. The molecule has 0 bridgehead atoms. The van der Waals surface area contributed by atoms with Crippen molar-refractivity contribution in [3.63, 3.8) is 0 Å². The van der Waals surface area contributed by atoms with Gasteiger partial charge < -0.3 is 20.9 Å².